The van der Waals surface area contributed by atoms with E-state index < -0.39 is 11.9 Å². The Balaban J connectivity index is 1.99. The van der Waals surface area contributed by atoms with Crippen molar-refractivity contribution in [2.75, 3.05) is 0 Å². The van der Waals surface area contributed by atoms with Gasteiger partial charge in [-0.1, -0.05) is 11.6 Å². The molecule has 1 aliphatic carbocycles. The molecule has 1 aromatic heterocycles. The molecule has 1 amide bonds. The van der Waals surface area contributed by atoms with Gasteiger partial charge in [-0.3, -0.25) is 9.59 Å². The Morgan fingerprint density at radius 2 is 2.00 bits per heavy atom. The third-order valence-electron chi connectivity index (χ3n) is 4.27. The van der Waals surface area contributed by atoms with Gasteiger partial charge in [0, 0.05) is 11.5 Å². The van der Waals surface area contributed by atoms with Crippen molar-refractivity contribution >= 4 is 11.9 Å². The van der Waals surface area contributed by atoms with Gasteiger partial charge in [0.2, 0.25) is 5.91 Å². The highest BCUT2D eigenvalue weighted by atomic mass is 16.5. The number of amides is 1. The Labute approximate surface area is 123 Å². The van der Waals surface area contributed by atoms with E-state index in [1.165, 1.54) is 0 Å². The molecular formula is C15H22N2O4. The maximum absolute atomic E-state index is 12.3. The highest BCUT2D eigenvalue weighted by Crippen LogP contribution is 2.30. The maximum atomic E-state index is 12.3. The first-order chi connectivity index (χ1) is 9.90. The molecule has 0 spiro atoms. The number of carboxylic acids is 1. The fourth-order valence-corrected chi connectivity index (χ4v) is 3.16. The molecule has 1 aromatic rings. The second-order valence-electron chi connectivity index (χ2n) is 5.87. The van der Waals surface area contributed by atoms with E-state index in [-0.39, 0.29) is 17.9 Å². The second-order valence-corrected chi connectivity index (χ2v) is 5.87. The van der Waals surface area contributed by atoms with Crippen LogP contribution in [0.2, 0.25) is 0 Å². The number of aliphatic carboxylic acids is 1. The van der Waals surface area contributed by atoms with Crippen LogP contribution >= 0.6 is 0 Å². The molecule has 1 fully saturated rings. The number of nitrogens with zero attached hydrogens (tertiary/aromatic N) is 1. The monoisotopic (exact) mass is 294 g/mol. The summed E-state index contributed by atoms with van der Waals surface area (Å²) >= 11 is 0. The fraction of sp³-hybridized carbons (Fsp3) is 0.667. The molecule has 0 radical (unpaired) electrons. The molecule has 0 bridgehead atoms. The van der Waals surface area contributed by atoms with Gasteiger partial charge >= 0.3 is 5.97 Å². The predicted octanol–water partition coefficient (Wildman–Crippen LogP) is 2.36. The van der Waals surface area contributed by atoms with Gasteiger partial charge in [-0.15, -0.1) is 0 Å². The van der Waals surface area contributed by atoms with Crippen LogP contribution in [0.5, 0.6) is 0 Å². The fourth-order valence-electron chi connectivity index (χ4n) is 3.16. The summed E-state index contributed by atoms with van der Waals surface area (Å²) in [4.78, 5) is 23.4. The highest BCUT2D eigenvalue weighted by molar-refractivity contribution is 5.80. The van der Waals surface area contributed by atoms with E-state index in [1.807, 2.05) is 20.8 Å². The van der Waals surface area contributed by atoms with E-state index in [4.69, 9.17) is 9.63 Å². The summed E-state index contributed by atoms with van der Waals surface area (Å²) in [5.74, 6) is -0.793. The SMILES string of the molecule is Cc1noc(C)c1[C@H](C)NC(=O)[C@@H]1CCC[C@@H](C(=O)O)C1. The Bertz CT molecular complexity index is 518. The molecule has 1 aliphatic rings. The minimum absolute atomic E-state index is 0.0755. The number of rotatable bonds is 4. The van der Waals surface area contributed by atoms with Crippen molar-refractivity contribution in [1.29, 1.82) is 0 Å². The number of aryl methyl sites for hydroxylation is 2. The van der Waals surface area contributed by atoms with Gasteiger partial charge in [0.1, 0.15) is 5.76 Å². The molecule has 3 atom stereocenters. The van der Waals surface area contributed by atoms with E-state index in [2.05, 4.69) is 10.5 Å². The molecule has 6 heteroatoms. The predicted molar refractivity (Wildman–Crippen MR) is 75.6 cm³/mol. The smallest absolute Gasteiger partial charge is 0.306 e. The number of hydrogen-bond acceptors (Lipinski definition) is 4. The van der Waals surface area contributed by atoms with Crippen molar-refractivity contribution < 1.29 is 19.2 Å². The summed E-state index contributed by atoms with van der Waals surface area (Å²) in [5, 5.41) is 15.9. The van der Waals surface area contributed by atoms with Crippen LogP contribution in [0, 0.1) is 25.7 Å². The summed E-state index contributed by atoms with van der Waals surface area (Å²) in [6.07, 6.45) is 2.63. The van der Waals surface area contributed by atoms with Crippen molar-refractivity contribution in [3.8, 4) is 0 Å². The van der Waals surface area contributed by atoms with E-state index >= 15 is 0 Å². The van der Waals surface area contributed by atoms with E-state index in [0.29, 0.717) is 18.6 Å². The van der Waals surface area contributed by atoms with Crippen LogP contribution in [0.1, 0.15) is 55.7 Å². The first-order valence-corrected chi connectivity index (χ1v) is 7.36. The summed E-state index contributed by atoms with van der Waals surface area (Å²) < 4.78 is 5.11. The third-order valence-corrected chi connectivity index (χ3v) is 4.27. The van der Waals surface area contributed by atoms with Gasteiger partial charge in [-0.05, 0) is 40.0 Å². The highest BCUT2D eigenvalue weighted by Gasteiger charge is 2.32. The number of carbonyl (C=O) groups excluding carboxylic acids is 1. The quantitative estimate of drug-likeness (QED) is 0.889. The molecule has 0 aromatic carbocycles. The molecule has 21 heavy (non-hydrogen) atoms. The van der Waals surface area contributed by atoms with Crippen LogP contribution in [-0.4, -0.2) is 22.1 Å². The minimum atomic E-state index is -0.800. The van der Waals surface area contributed by atoms with Gasteiger partial charge in [0.25, 0.3) is 0 Å². The van der Waals surface area contributed by atoms with Crippen molar-refractivity contribution in [2.24, 2.45) is 11.8 Å². The molecule has 2 N–H and O–H groups in total. The number of carboxylic acid groups (broad SMARTS) is 1. The van der Waals surface area contributed by atoms with Crippen molar-refractivity contribution in [1.82, 2.24) is 10.5 Å². The molecule has 6 nitrogen and oxygen atoms in total. The van der Waals surface area contributed by atoms with Crippen molar-refractivity contribution in [3.63, 3.8) is 0 Å². The van der Waals surface area contributed by atoms with Gasteiger partial charge in [-0.2, -0.15) is 0 Å². The number of hydrogen-bond donors (Lipinski definition) is 2. The van der Waals surface area contributed by atoms with Crippen LogP contribution < -0.4 is 5.32 Å². The molecular weight excluding hydrogens is 272 g/mol. The van der Waals surface area contributed by atoms with Gasteiger partial charge in [0.05, 0.1) is 17.7 Å². The number of aromatic nitrogens is 1. The van der Waals surface area contributed by atoms with Crippen LogP contribution in [0.25, 0.3) is 0 Å². The summed E-state index contributed by atoms with van der Waals surface area (Å²) in [5.41, 5.74) is 1.67. The topological polar surface area (TPSA) is 92.4 Å². The number of carbonyl (C=O) groups is 2. The summed E-state index contributed by atoms with van der Waals surface area (Å²) in [6.45, 7) is 5.55. The Kier molecular flexibility index (Phi) is 4.65. The van der Waals surface area contributed by atoms with Gasteiger partial charge in [0.15, 0.2) is 0 Å². The van der Waals surface area contributed by atoms with E-state index in [9.17, 15) is 9.59 Å². The second kappa shape index (κ2) is 6.28. The first-order valence-electron chi connectivity index (χ1n) is 7.36. The van der Waals surface area contributed by atoms with Crippen molar-refractivity contribution in [3.05, 3.63) is 17.0 Å². The largest absolute Gasteiger partial charge is 0.481 e. The third kappa shape index (κ3) is 3.43. The Morgan fingerprint density at radius 3 is 2.57 bits per heavy atom. The molecule has 0 unspecified atom stereocenters. The standard InChI is InChI=1S/C15H22N2O4/c1-8(13-9(2)17-21-10(13)3)16-14(18)11-5-4-6-12(7-11)15(19)20/h8,11-12H,4-7H2,1-3H3,(H,16,18)(H,19,20)/t8-,11+,12+/m0/s1. The van der Waals surface area contributed by atoms with Gasteiger partial charge < -0.3 is 14.9 Å². The van der Waals surface area contributed by atoms with Crippen LogP contribution in [0.4, 0.5) is 0 Å². The molecule has 2 rings (SSSR count). The lowest BCUT2D eigenvalue weighted by Crippen LogP contribution is -2.36. The minimum Gasteiger partial charge on any atom is -0.481 e. The zero-order chi connectivity index (χ0) is 15.6. The van der Waals surface area contributed by atoms with Gasteiger partial charge in [-0.25, -0.2) is 0 Å². The van der Waals surface area contributed by atoms with Crippen molar-refractivity contribution in [2.45, 2.75) is 52.5 Å². The molecule has 0 aliphatic heterocycles. The van der Waals surface area contributed by atoms with E-state index in [0.717, 1.165) is 24.1 Å². The summed E-state index contributed by atoms with van der Waals surface area (Å²) in [7, 11) is 0. The van der Waals surface area contributed by atoms with Crippen LogP contribution in [-0.2, 0) is 9.59 Å². The van der Waals surface area contributed by atoms with E-state index in [1.54, 1.807) is 0 Å². The summed E-state index contributed by atoms with van der Waals surface area (Å²) in [6, 6.07) is -0.186. The average molecular weight is 294 g/mol. The molecule has 0 saturated heterocycles. The zero-order valence-electron chi connectivity index (χ0n) is 12.7. The zero-order valence-corrected chi connectivity index (χ0v) is 12.7. The van der Waals surface area contributed by atoms with Crippen LogP contribution in [0.15, 0.2) is 4.52 Å². The normalized spacial score (nSPS) is 23.6. The number of nitrogens with one attached hydrogen (secondary N) is 1. The van der Waals surface area contributed by atoms with Crippen LogP contribution in [0.3, 0.4) is 0 Å². The lowest BCUT2D eigenvalue weighted by molar-refractivity contribution is -0.144. The first kappa shape index (κ1) is 15.5. The molecule has 1 saturated carbocycles. The lowest BCUT2D eigenvalue weighted by Gasteiger charge is -2.27. The lowest BCUT2D eigenvalue weighted by atomic mass is 9.81. The maximum Gasteiger partial charge on any atom is 0.306 e. The molecule has 116 valence electrons. The Hall–Kier alpha value is -1.85. The molecule has 1 heterocycles. The average Bonchev–Trinajstić information content (AvgIpc) is 2.78. The Morgan fingerprint density at radius 1 is 1.33 bits per heavy atom.